The number of fused-ring (bicyclic) bond motifs is 1. The Kier molecular flexibility index (Phi) is 5.31. The zero-order valence-corrected chi connectivity index (χ0v) is 14.2. The molecule has 138 valence electrons. The lowest BCUT2D eigenvalue weighted by Crippen LogP contribution is -2.58. The van der Waals surface area contributed by atoms with Crippen LogP contribution < -0.4 is 0 Å². The van der Waals surface area contributed by atoms with Crippen LogP contribution in [-0.2, 0) is 18.9 Å². The van der Waals surface area contributed by atoms with Gasteiger partial charge in [0.15, 0.2) is 12.6 Å². The monoisotopic (exact) mass is 358 g/mol. The third kappa shape index (κ3) is 3.53. The van der Waals surface area contributed by atoms with Gasteiger partial charge in [-0.25, -0.2) is 0 Å². The summed E-state index contributed by atoms with van der Waals surface area (Å²) in [6.45, 7) is -0.110. The summed E-state index contributed by atoms with van der Waals surface area (Å²) >= 11 is 0. The Morgan fingerprint density at radius 2 is 1.46 bits per heavy atom. The van der Waals surface area contributed by atoms with Crippen LogP contribution >= 0.6 is 0 Å². The number of hydrogen-bond acceptors (Lipinski definition) is 6. The lowest BCUT2D eigenvalue weighted by atomic mass is 9.99. The average molecular weight is 358 g/mol. The first-order valence-electron chi connectivity index (χ1n) is 8.73. The number of benzene rings is 2. The van der Waals surface area contributed by atoms with Gasteiger partial charge >= 0.3 is 0 Å². The van der Waals surface area contributed by atoms with Crippen LogP contribution in [0.2, 0.25) is 0 Å². The highest BCUT2D eigenvalue weighted by Gasteiger charge is 2.48. The third-order valence-corrected chi connectivity index (χ3v) is 4.67. The molecule has 2 heterocycles. The van der Waals surface area contributed by atoms with E-state index in [1.165, 1.54) is 0 Å². The molecular weight excluding hydrogens is 336 g/mol. The summed E-state index contributed by atoms with van der Waals surface area (Å²) in [5, 5.41) is 19.8. The van der Waals surface area contributed by atoms with E-state index in [1.54, 1.807) is 0 Å². The predicted octanol–water partition coefficient (Wildman–Crippen LogP) is 1.94. The molecule has 2 saturated heterocycles. The van der Waals surface area contributed by atoms with Crippen LogP contribution in [0.1, 0.15) is 23.7 Å². The number of aliphatic hydroxyl groups excluding tert-OH is 2. The van der Waals surface area contributed by atoms with Gasteiger partial charge in [-0.05, 0) is 0 Å². The van der Waals surface area contributed by atoms with Gasteiger partial charge in [0.2, 0.25) is 0 Å². The van der Waals surface area contributed by atoms with Gasteiger partial charge in [0.05, 0.1) is 13.2 Å². The van der Waals surface area contributed by atoms with Gasteiger partial charge in [-0.3, -0.25) is 0 Å². The number of ether oxygens (including phenoxy) is 4. The van der Waals surface area contributed by atoms with Crippen molar-refractivity contribution >= 4 is 0 Å². The molecule has 2 fully saturated rings. The molecule has 2 N–H and O–H groups in total. The fourth-order valence-corrected chi connectivity index (χ4v) is 3.33. The van der Waals surface area contributed by atoms with Crippen LogP contribution in [0.15, 0.2) is 60.7 Å². The molecular formula is C20H22O6. The zero-order chi connectivity index (χ0) is 17.9. The second kappa shape index (κ2) is 7.84. The lowest BCUT2D eigenvalue weighted by Gasteiger charge is -2.47. The normalized spacial score (nSPS) is 32.6. The molecule has 6 heteroatoms. The molecule has 6 nitrogen and oxygen atoms in total. The quantitative estimate of drug-likeness (QED) is 0.870. The molecule has 2 aliphatic rings. The van der Waals surface area contributed by atoms with Crippen LogP contribution in [0.4, 0.5) is 0 Å². The minimum absolute atomic E-state index is 0.311. The Labute approximate surface area is 151 Å². The van der Waals surface area contributed by atoms with Crippen molar-refractivity contribution < 1.29 is 29.2 Å². The summed E-state index contributed by atoms with van der Waals surface area (Å²) in [4.78, 5) is 0. The fraction of sp³-hybridized carbons (Fsp3) is 0.400. The van der Waals surface area contributed by atoms with Gasteiger partial charge in [-0.2, -0.15) is 0 Å². The largest absolute Gasteiger partial charge is 0.394 e. The summed E-state index contributed by atoms with van der Waals surface area (Å²) in [7, 11) is 0. The molecule has 0 radical (unpaired) electrons. The van der Waals surface area contributed by atoms with E-state index in [4.69, 9.17) is 18.9 Å². The smallest absolute Gasteiger partial charge is 0.184 e. The molecule has 2 aromatic rings. The van der Waals surface area contributed by atoms with Gasteiger partial charge in [0, 0.05) is 11.1 Å². The van der Waals surface area contributed by atoms with E-state index in [1.807, 2.05) is 60.7 Å². The van der Waals surface area contributed by atoms with E-state index in [0.29, 0.717) is 6.61 Å². The van der Waals surface area contributed by atoms with E-state index in [9.17, 15) is 10.2 Å². The average Bonchev–Trinajstić information content (AvgIpc) is 2.73. The van der Waals surface area contributed by atoms with Crippen molar-refractivity contribution in [3.8, 4) is 0 Å². The Bertz CT molecular complexity index is 692. The van der Waals surface area contributed by atoms with E-state index >= 15 is 0 Å². The first kappa shape index (κ1) is 17.6. The second-order valence-electron chi connectivity index (χ2n) is 6.44. The minimum atomic E-state index is -1.08. The van der Waals surface area contributed by atoms with Crippen LogP contribution in [0.5, 0.6) is 0 Å². The lowest BCUT2D eigenvalue weighted by molar-refractivity contribution is -0.373. The molecule has 0 aliphatic carbocycles. The van der Waals surface area contributed by atoms with Gasteiger partial charge in [-0.15, -0.1) is 0 Å². The highest BCUT2D eigenvalue weighted by atomic mass is 16.8. The predicted molar refractivity (Wildman–Crippen MR) is 92.0 cm³/mol. The van der Waals surface area contributed by atoms with Gasteiger partial charge < -0.3 is 29.2 Å². The topological polar surface area (TPSA) is 77.4 Å². The fourth-order valence-electron chi connectivity index (χ4n) is 3.33. The Morgan fingerprint density at radius 1 is 0.846 bits per heavy atom. The van der Waals surface area contributed by atoms with Crippen molar-refractivity contribution in [2.45, 2.75) is 37.0 Å². The van der Waals surface area contributed by atoms with Crippen molar-refractivity contribution in [3.05, 3.63) is 71.8 Å². The van der Waals surface area contributed by atoms with Crippen molar-refractivity contribution in [3.63, 3.8) is 0 Å². The Hall–Kier alpha value is -1.80. The Morgan fingerprint density at radius 3 is 2.08 bits per heavy atom. The summed E-state index contributed by atoms with van der Waals surface area (Å²) in [5.74, 6) is 0. The number of aliphatic hydroxyl groups is 2. The zero-order valence-electron chi connectivity index (χ0n) is 14.2. The summed E-state index contributed by atoms with van der Waals surface area (Å²) in [6.07, 6.45) is -3.96. The van der Waals surface area contributed by atoms with E-state index < -0.39 is 43.6 Å². The first-order valence-corrected chi connectivity index (χ1v) is 8.73. The van der Waals surface area contributed by atoms with Crippen molar-refractivity contribution in [1.82, 2.24) is 0 Å². The molecule has 2 aromatic carbocycles. The van der Waals surface area contributed by atoms with Crippen molar-refractivity contribution in [1.29, 1.82) is 0 Å². The molecule has 0 spiro atoms. The van der Waals surface area contributed by atoms with Crippen molar-refractivity contribution in [2.75, 3.05) is 13.2 Å². The van der Waals surface area contributed by atoms with E-state index in [-0.39, 0.29) is 0 Å². The highest BCUT2D eigenvalue weighted by Crippen LogP contribution is 2.38. The van der Waals surface area contributed by atoms with E-state index in [2.05, 4.69) is 0 Å². The maximum absolute atomic E-state index is 10.3. The highest BCUT2D eigenvalue weighted by molar-refractivity contribution is 5.18. The van der Waals surface area contributed by atoms with Gasteiger partial charge in [-0.1, -0.05) is 60.7 Å². The maximum Gasteiger partial charge on any atom is 0.184 e. The summed E-state index contributed by atoms with van der Waals surface area (Å²) < 4.78 is 23.9. The summed E-state index contributed by atoms with van der Waals surface area (Å²) in [5.41, 5.74) is 1.72. The molecule has 0 saturated carbocycles. The van der Waals surface area contributed by atoms with Crippen LogP contribution in [-0.4, -0.2) is 47.8 Å². The molecule has 2 aliphatic heterocycles. The standard InChI is InChI=1S/C20H22O6/c21-11-15(22)17-18-16(24-20(25-17)14-9-5-2-6-10-14)12-23-19(26-18)13-7-3-1-4-8-13/h1-10,15-22H,11-12H2/t15-,16-,17+,18-,19-,20-/m1/s1. The minimum Gasteiger partial charge on any atom is -0.394 e. The molecule has 0 amide bonds. The number of rotatable bonds is 4. The molecule has 26 heavy (non-hydrogen) atoms. The van der Waals surface area contributed by atoms with Crippen molar-refractivity contribution in [2.24, 2.45) is 0 Å². The van der Waals surface area contributed by atoms with Crippen LogP contribution in [0.25, 0.3) is 0 Å². The molecule has 6 atom stereocenters. The van der Waals surface area contributed by atoms with Crippen LogP contribution in [0.3, 0.4) is 0 Å². The first-order chi connectivity index (χ1) is 12.8. The Balaban J connectivity index is 1.56. The van der Waals surface area contributed by atoms with Gasteiger partial charge in [0.25, 0.3) is 0 Å². The van der Waals surface area contributed by atoms with Gasteiger partial charge in [0.1, 0.15) is 24.4 Å². The van der Waals surface area contributed by atoms with E-state index in [0.717, 1.165) is 11.1 Å². The number of hydrogen-bond donors (Lipinski definition) is 2. The third-order valence-electron chi connectivity index (χ3n) is 4.67. The second-order valence-corrected chi connectivity index (χ2v) is 6.44. The molecule has 4 rings (SSSR count). The molecule has 0 aromatic heterocycles. The SMILES string of the molecule is OC[C@@H](O)[C@@H]1O[C@H](c2ccccc2)O[C@@H]2CO[C@@H](c3ccccc3)O[C@@H]12. The van der Waals surface area contributed by atoms with Crippen LogP contribution in [0, 0.1) is 0 Å². The maximum atomic E-state index is 10.3. The molecule has 0 bridgehead atoms. The molecule has 0 unspecified atom stereocenters. The summed E-state index contributed by atoms with van der Waals surface area (Å²) in [6, 6.07) is 19.1.